The van der Waals surface area contributed by atoms with E-state index in [1.54, 1.807) is 16.8 Å². The molecule has 1 aromatic rings. The third-order valence-corrected chi connectivity index (χ3v) is 3.07. The summed E-state index contributed by atoms with van der Waals surface area (Å²) in [6.45, 7) is 0.842. The van der Waals surface area contributed by atoms with Crippen LogP contribution in [-0.2, 0) is 0 Å². The van der Waals surface area contributed by atoms with Gasteiger partial charge in [0, 0.05) is 10.8 Å². The zero-order valence-electron chi connectivity index (χ0n) is 7.48. The largest absolute Gasteiger partial charge is 0.260 e. The zero-order chi connectivity index (χ0) is 9.97. The monoisotopic (exact) mass is 227 g/mol. The molecule has 2 rings (SSSR count). The summed E-state index contributed by atoms with van der Waals surface area (Å²) in [7, 11) is 0. The van der Waals surface area contributed by atoms with Gasteiger partial charge in [-0.3, -0.25) is 10.0 Å². The molecule has 0 bridgehead atoms. The number of hydrazine groups is 1. The van der Waals surface area contributed by atoms with E-state index < -0.39 is 0 Å². The molecule has 0 aliphatic carbocycles. The van der Waals surface area contributed by atoms with Crippen LogP contribution in [0.4, 0.5) is 5.69 Å². The van der Waals surface area contributed by atoms with E-state index in [2.05, 4.69) is 4.99 Å². The van der Waals surface area contributed by atoms with Crippen LogP contribution in [0.2, 0.25) is 5.02 Å². The number of hydrogen-bond donors (Lipinski definition) is 1. The Kier molecular flexibility index (Phi) is 2.96. The van der Waals surface area contributed by atoms with E-state index in [4.69, 9.17) is 17.4 Å². The molecule has 0 saturated carbocycles. The standard InChI is InChI=1S/C9H10ClN3S/c10-7-2-1-3-8(6-7)13(11)9-12-4-5-14-9/h1-3,6H,4-5,11H2. The Bertz CT molecular complexity index is 367. The number of thioether (sulfide) groups is 1. The molecule has 0 unspecified atom stereocenters. The molecule has 1 aliphatic heterocycles. The highest BCUT2D eigenvalue weighted by molar-refractivity contribution is 8.14. The topological polar surface area (TPSA) is 41.6 Å². The van der Waals surface area contributed by atoms with Gasteiger partial charge in [-0.2, -0.15) is 0 Å². The minimum Gasteiger partial charge on any atom is -0.260 e. The number of aliphatic imine (C=N–C) groups is 1. The van der Waals surface area contributed by atoms with Crippen molar-refractivity contribution in [3.05, 3.63) is 29.3 Å². The highest BCUT2D eigenvalue weighted by Crippen LogP contribution is 2.22. The van der Waals surface area contributed by atoms with E-state index in [1.807, 2.05) is 24.3 Å². The first-order valence-corrected chi connectivity index (χ1v) is 5.61. The van der Waals surface area contributed by atoms with Crippen molar-refractivity contribution < 1.29 is 0 Å². The van der Waals surface area contributed by atoms with Crippen LogP contribution in [0.5, 0.6) is 0 Å². The Morgan fingerprint density at radius 2 is 2.36 bits per heavy atom. The molecule has 2 N–H and O–H groups in total. The van der Waals surface area contributed by atoms with Gasteiger partial charge in [0.05, 0.1) is 12.2 Å². The van der Waals surface area contributed by atoms with Crippen LogP contribution in [0.25, 0.3) is 0 Å². The van der Waals surface area contributed by atoms with E-state index in [0.29, 0.717) is 5.02 Å². The lowest BCUT2D eigenvalue weighted by Gasteiger charge is -2.17. The van der Waals surface area contributed by atoms with E-state index in [-0.39, 0.29) is 0 Å². The molecule has 14 heavy (non-hydrogen) atoms. The number of anilines is 1. The molecule has 0 spiro atoms. The Morgan fingerprint density at radius 1 is 1.50 bits per heavy atom. The first-order chi connectivity index (χ1) is 6.77. The van der Waals surface area contributed by atoms with Gasteiger partial charge in [-0.1, -0.05) is 29.4 Å². The summed E-state index contributed by atoms with van der Waals surface area (Å²) in [4.78, 5) is 4.28. The quantitative estimate of drug-likeness (QED) is 0.590. The van der Waals surface area contributed by atoms with Gasteiger partial charge < -0.3 is 0 Å². The molecular weight excluding hydrogens is 218 g/mol. The van der Waals surface area contributed by atoms with Gasteiger partial charge in [0.25, 0.3) is 0 Å². The summed E-state index contributed by atoms with van der Waals surface area (Å²) in [5, 5.41) is 3.11. The molecule has 0 aromatic heterocycles. The van der Waals surface area contributed by atoms with Crippen molar-refractivity contribution in [1.82, 2.24) is 0 Å². The molecule has 1 heterocycles. The number of rotatable bonds is 1. The summed E-state index contributed by atoms with van der Waals surface area (Å²) in [6, 6.07) is 7.43. The molecule has 1 aromatic carbocycles. The zero-order valence-corrected chi connectivity index (χ0v) is 9.05. The van der Waals surface area contributed by atoms with Crippen LogP contribution in [0.1, 0.15) is 0 Å². The maximum absolute atomic E-state index is 5.89. The fourth-order valence-electron chi connectivity index (χ4n) is 1.21. The number of halogens is 1. The second-order valence-electron chi connectivity index (χ2n) is 2.86. The van der Waals surface area contributed by atoms with Crippen LogP contribution in [-0.4, -0.2) is 17.5 Å². The Morgan fingerprint density at radius 3 is 3.00 bits per heavy atom. The smallest absolute Gasteiger partial charge is 0.178 e. The van der Waals surface area contributed by atoms with Gasteiger partial charge in [0.15, 0.2) is 5.17 Å². The summed E-state index contributed by atoms with van der Waals surface area (Å²) in [5.41, 5.74) is 0.866. The van der Waals surface area contributed by atoms with Crippen LogP contribution in [0.3, 0.4) is 0 Å². The van der Waals surface area contributed by atoms with E-state index in [0.717, 1.165) is 23.2 Å². The van der Waals surface area contributed by atoms with Gasteiger partial charge in [-0.15, -0.1) is 0 Å². The van der Waals surface area contributed by atoms with Crippen molar-refractivity contribution in [2.24, 2.45) is 10.8 Å². The van der Waals surface area contributed by atoms with Gasteiger partial charge >= 0.3 is 0 Å². The van der Waals surface area contributed by atoms with Crippen LogP contribution in [0, 0.1) is 0 Å². The summed E-state index contributed by atoms with van der Waals surface area (Å²) in [6.07, 6.45) is 0. The third-order valence-electron chi connectivity index (χ3n) is 1.86. The highest BCUT2D eigenvalue weighted by atomic mass is 35.5. The highest BCUT2D eigenvalue weighted by Gasteiger charge is 2.14. The average Bonchev–Trinajstić information content (AvgIpc) is 2.69. The number of nitrogens with zero attached hydrogens (tertiary/aromatic N) is 2. The van der Waals surface area contributed by atoms with Crippen LogP contribution >= 0.6 is 23.4 Å². The van der Waals surface area contributed by atoms with Gasteiger partial charge in [0.1, 0.15) is 0 Å². The van der Waals surface area contributed by atoms with Crippen molar-refractivity contribution in [2.45, 2.75) is 0 Å². The predicted octanol–water partition coefficient (Wildman–Crippen LogP) is 2.12. The Balaban J connectivity index is 2.22. The first kappa shape index (κ1) is 9.83. The predicted molar refractivity (Wildman–Crippen MR) is 62.9 cm³/mol. The lowest BCUT2D eigenvalue weighted by Crippen LogP contribution is -2.34. The van der Waals surface area contributed by atoms with Gasteiger partial charge in [-0.25, -0.2) is 5.84 Å². The molecule has 0 fully saturated rings. The van der Waals surface area contributed by atoms with Crippen molar-refractivity contribution in [3.63, 3.8) is 0 Å². The van der Waals surface area contributed by atoms with Crippen molar-refractivity contribution in [1.29, 1.82) is 0 Å². The second-order valence-corrected chi connectivity index (χ2v) is 4.36. The number of hydrogen-bond acceptors (Lipinski definition) is 4. The van der Waals surface area contributed by atoms with Crippen LogP contribution in [0.15, 0.2) is 29.3 Å². The molecule has 0 saturated heterocycles. The first-order valence-electron chi connectivity index (χ1n) is 4.25. The maximum atomic E-state index is 5.89. The molecule has 5 heteroatoms. The average molecular weight is 228 g/mol. The number of nitrogens with two attached hydrogens (primary N) is 1. The summed E-state index contributed by atoms with van der Waals surface area (Å²) in [5.74, 6) is 6.90. The van der Waals surface area contributed by atoms with E-state index in [9.17, 15) is 0 Å². The molecule has 0 atom stereocenters. The Hall–Kier alpha value is -0.710. The Labute approximate surface area is 91.9 Å². The molecule has 74 valence electrons. The fourth-order valence-corrected chi connectivity index (χ4v) is 2.18. The molecule has 1 aliphatic rings. The van der Waals surface area contributed by atoms with Crippen LogP contribution < -0.4 is 10.9 Å². The minimum atomic E-state index is 0.682. The van der Waals surface area contributed by atoms with Crippen molar-refractivity contribution in [2.75, 3.05) is 17.3 Å². The summed E-state index contributed by atoms with van der Waals surface area (Å²) >= 11 is 7.53. The van der Waals surface area contributed by atoms with Gasteiger partial charge in [0.2, 0.25) is 0 Å². The van der Waals surface area contributed by atoms with Crippen molar-refractivity contribution in [3.8, 4) is 0 Å². The number of amidine groups is 1. The maximum Gasteiger partial charge on any atom is 0.178 e. The molecule has 0 radical (unpaired) electrons. The third kappa shape index (κ3) is 2.03. The minimum absolute atomic E-state index is 0.682. The summed E-state index contributed by atoms with van der Waals surface area (Å²) < 4.78 is 0. The molecular formula is C9H10ClN3S. The lowest BCUT2D eigenvalue weighted by molar-refractivity contribution is 1.11. The van der Waals surface area contributed by atoms with E-state index >= 15 is 0 Å². The normalized spacial score (nSPS) is 15.4. The second kappa shape index (κ2) is 4.21. The molecule has 3 nitrogen and oxygen atoms in total. The molecule has 0 amide bonds. The number of benzene rings is 1. The van der Waals surface area contributed by atoms with Crippen molar-refractivity contribution >= 4 is 34.2 Å². The lowest BCUT2D eigenvalue weighted by atomic mass is 10.3. The SMILES string of the molecule is NN(C1=NCCS1)c1cccc(Cl)c1. The fraction of sp³-hybridized carbons (Fsp3) is 0.222. The van der Waals surface area contributed by atoms with Gasteiger partial charge in [-0.05, 0) is 18.2 Å². The van der Waals surface area contributed by atoms with E-state index in [1.165, 1.54) is 0 Å².